The molecule has 28 heavy (non-hydrogen) atoms. The van der Waals surface area contributed by atoms with Gasteiger partial charge < -0.3 is 9.84 Å². The summed E-state index contributed by atoms with van der Waals surface area (Å²) in [6.45, 7) is 7.86. The van der Waals surface area contributed by atoms with Crippen LogP contribution in [0.2, 0.25) is 0 Å². The number of aliphatic imine (C=N–C) groups is 1. The highest BCUT2D eigenvalue weighted by Crippen LogP contribution is 2.43. The van der Waals surface area contributed by atoms with Crippen molar-refractivity contribution in [1.29, 1.82) is 0 Å². The Kier molecular flexibility index (Phi) is 5.86. The van der Waals surface area contributed by atoms with Crippen LogP contribution in [0.15, 0.2) is 33.8 Å². The van der Waals surface area contributed by atoms with E-state index in [1.54, 1.807) is 18.3 Å². The normalized spacial score (nSPS) is 16.8. The smallest absolute Gasteiger partial charge is 0.341 e. The zero-order chi connectivity index (χ0) is 20.5. The second-order valence-corrected chi connectivity index (χ2v) is 9.62. The van der Waals surface area contributed by atoms with E-state index in [2.05, 4.69) is 4.99 Å². The van der Waals surface area contributed by atoms with Gasteiger partial charge in [0.25, 0.3) is 0 Å². The monoisotopic (exact) mass is 417 g/mol. The molecule has 0 radical (unpaired) electrons. The topological polar surface area (TPSA) is 76.0 Å². The van der Waals surface area contributed by atoms with Crippen LogP contribution in [0.5, 0.6) is 0 Å². The highest BCUT2D eigenvalue weighted by molar-refractivity contribution is 7.18. The Labute approximate surface area is 172 Å². The fourth-order valence-corrected chi connectivity index (χ4v) is 5.20. The number of aryl methyl sites for hydroxylation is 1. The van der Waals surface area contributed by atoms with Crippen molar-refractivity contribution in [1.82, 2.24) is 0 Å². The van der Waals surface area contributed by atoms with Crippen molar-refractivity contribution in [2.45, 2.75) is 40.5 Å². The summed E-state index contributed by atoms with van der Waals surface area (Å²) < 4.78 is 5.25. The quantitative estimate of drug-likeness (QED) is 0.488. The van der Waals surface area contributed by atoms with Gasteiger partial charge in [0, 0.05) is 34.4 Å². The Hall–Kier alpha value is -2.25. The predicted octanol–water partition coefficient (Wildman–Crippen LogP) is 5.87. The molecule has 7 heteroatoms. The molecule has 148 valence electrons. The number of ketones is 1. The number of hydrogen-bond donors (Lipinski definition) is 1. The number of rotatable bonds is 5. The third kappa shape index (κ3) is 4.10. The van der Waals surface area contributed by atoms with Gasteiger partial charge in [-0.2, -0.15) is 0 Å². The van der Waals surface area contributed by atoms with Gasteiger partial charge in [-0.05, 0) is 30.7 Å². The molecule has 2 heterocycles. The number of allylic oxidation sites excluding steroid dienone is 2. The highest BCUT2D eigenvalue weighted by Gasteiger charge is 2.32. The van der Waals surface area contributed by atoms with E-state index in [0.29, 0.717) is 23.4 Å². The molecule has 2 aromatic heterocycles. The Morgan fingerprint density at radius 2 is 2.14 bits per heavy atom. The lowest BCUT2D eigenvalue weighted by Crippen LogP contribution is -2.26. The van der Waals surface area contributed by atoms with Crippen molar-refractivity contribution in [3.05, 3.63) is 39.3 Å². The first-order valence-electron chi connectivity index (χ1n) is 9.07. The standard InChI is InChI=1S/C21H23NO4S2/c1-5-26-20(25)18-17(16-7-6-8-27-16)12(2)28-19(18)22-11-13-14(23)9-21(3,4)10-15(13)24/h6-8,11,23H,5,9-10H2,1-4H3/b22-11+. The SMILES string of the molecule is CCOC(=O)c1c(/N=C/C2=C(O)CC(C)(C)CC2=O)sc(C)c1-c1cccs1. The number of Topliss-reactive ketones (excluding diaryl/α,β-unsaturated/α-hetero) is 1. The van der Waals surface area contributed by atoms with Crippen LogP contribution in [-0.4, -0.2) is 29.7 Å². The minimum absolute atomic E-state index is 0.0504. The van der Waals surface area contributed by atoms with E-state index in [1.807, 2.05) is 38.3 Å². The molecule has 3 rings (SSSR count). The number of nitrogens with zero attached hydrogens (tertiary/aromatic N) is 1. The van der Waals surface area contributed by atoms with Crippen molar-refractivity contribution >= 4 is 45.6 Å². The second kappa shape index (κ2) is 8.01. The molecular formula is C21H23NO4S2. The Morgan fingerprint density at radius 3 is 2.75 bits per heavy atom. The Bertz CT molecular complexity index is 965. The molecular weight excluding hydrogens is 394 g/mol. The number of carbonyl (C=O) groups is 2. The van der Waals surface area contributed by atoms with Gasteiger partial charge in [0.2, 0.25) is 0 Å². The molecule has 0 saturated heterocycles. The van der Waals surface area contributed by atoms with E-state index in [0.717, 1.165) is 15.3 Å². The zero-order valence-electron chi connectivity index (χ0n) is 16.4. The number of aliphatic hydroxyl groups is 1. The lowest BCUT2D eigenvalue weighted by atomic mass is 9.77. The first-order valence-corrected chi connectivity index (χ1v) is 10.8. The summed E-state index contributed by atoms with van der Waals surface area (Å²) in [5.41, 5.74) is 1.19. The van der Waals surface area contributed by atoms with Crippen molar-refractivity contribution in [2.24, 2.45) is 10.4 Å². The summed E-state index contributed by atoms with van der Waals surface area (Å²) in [5, 5.41) is 12.7. The molecule has 0 aliphatic heterocycles. The molecule has 2 aromatic rings. The first kappa shape index (κ1) is 20.5. The summed E-state index contributed by atoms with van der Waals surface area (Å²) in [7, 11) is 0. The summed E-state index contributed by atoms with van der Waals surface area (Å²) in [4.78, 5) is 31.4. The van der Waals surface area contributed by atoms with Crippen molar-refractivity contribution in [3.8, 4) is 10.4 Å². The van der Waals surface area contributed by atoms with Gasteiger partial charge in [0.1, 0.15) is 16.3 Å². The van der Waals surface area contributed by atoms with Crippen LogP contribution in [0, 0.1) is 12.3 Å². The van der Waals surface area contributed by atoms with Gasteiger partial charge in [-0.1, -0.05) is 19.9 Å². The molecule has 1 aliphatic carbocycles. The van der Waals surface area contributed by atoms with Gasteiger partial charge in [-0.25, -0.2) is 9.79 Å². The molecule has 0 atom stereocenters. The molecule has 0 amide bonds. The number of hydrogen-bond acceptors (Lipinski definition) is 7. The van der Waals surface area contributed by atoms with E-state index >= 15 is 0 Å². The molecule has 0 saturated carbocycles. The van der Waals surface area contributed by atoms with Crippen LogP contribution < -0.4 is 0 Å². The molecule has 0 unspecified atom stereocenters. The predicted molar refractivity (Wildman–Crippen MR) is 114 cm³/mol. The van der Waals surface area contributed by atoms with Gasteiger partial charge in [-0.15, -0.1) is 22.7 Å². The summed E-state index contributed by atoms with van der Waals surface area (Å²) >= 11 is 2.92. The van der Waals surface area contributed by atoms with E-state index < -0.39 is 5.97 Å². The molecule has 1 N–H and O–H groups in total. The fraction of sp³-hybridized carbons (Fsp3) is 0.381. The van der Waals surface area contributed by atoms with Crippen LogP contribution >= 0.6 is 22.7 Å². The van der Waals surface area contributed by atoms with E-state index in [1.165, 1.54) is 17.6 Å². The molecule has 0 aromatic carbocycles. The van der Waals surface area contributed by atoms with Crippen LogP contribution in [-0.2, 0) is 9.53 Å². The van der Waals surface area contributed by atoms with E-state index in [9.17, 15) is 14.7 Å². The minimum Gasteiger partial charge on any atom is -0.511 e. The molecule has 5 nitrogen and oxygen atoms in total. The van der Waals surface area contributed by atoms with E-state index in [4.69, 9.17) is 4.74 Å². The minimum atomic E-state index is -0.434. The maximum absolute atomic E-state index is 12.6. The van der Waals surface area contributed by atoms with Crippen LogP contribution in [0.25, 0.3) is 10.4 Å². The Balaban J connectivity index is 2.05. The average molecular weight is 418 g/mol. The lowest BCUT2D eigenvalue weighted by Gasteiger charge is -2.28. The van der Waals surface area contributed by atoms with Crippen LogP contribution in [0.4, 0.5) is 5.00 Å². The molecule has 0 fully saturated rings. The third-order valence-electron chi connectivity index (χ3n) is 4.52. The zero-order valence-corrected chi connectivity index (χ0v) is 18.0. The second-order valence-electron chi connectivity index (χ2n) is 7.47. The van der Waals surface area contributed by atoms with Crippen LogP contribution in [0.3, 0.4) is 0 Å². The molecule has 1 aliphatic rings. The largest absolute Gasteiger partial charge is 0.511 e. The van der Waals surface area contributed by atoms with Crippen molar-refractivity contribution < 1.29 is 19.4 Å². The van der Waals surface area contributed by atoms with E-state index in [-0.39, 0.29) is 29.1 Å². The lowest BCUT2D eigenvalue weighted by molar-refractivity contribution is -0.117. The average Bonchev–Trinajstić information content (AvgIpc) is 3.20. The first-order chi connectivity index (χ1) is 13.2. The van der Waals surface area contributed by atoms with Gasteiger partial charge in [0.15, 0.2) is 5.78 Å². The maximum atomic E-state index is 12.6. The number of ether oxygens (including phenoxy) is 1. The fourth-order valence-electron chi connectivity index (χ4n) is 3.30. The van der Waals surface area contributed by atoms with Gasteiger partial charge in [0.05, 0.1) is 12.2 Å². The van der Waals surface area contributed by atoms with Crippen molar-refractivity contribution in [3.63, 3.8) is 0 Å². The maximum Gasteiger partial charge on any atom is 0.341 e. The Morgan fingerprint density at radius 1 is 1.39 bits per heavy atom. The van der Waals surface area contributed by atoms with Gasteiger partial charge >= 0.3 is 5.97 Å². The molecule has 0 spiro atoms. The number of esters is 1. The number of aliphatic hydroxyl groups excluding tert-OH is 1. The van der Waals surface area contributed by atoms with Crippen molar-refractivity contribution in [2.75, 3.05) is 6.61 Å². The number of carbonyl (C=O) groups excluding carboxylic acids is 2. The third-order valence-corrected chi connectivity index (χ3v) is 6.42. The highest BCUT2D eigenvalue weighted by atomic mass is 32.1. The van der Waals surface area contributed by atoms with Crippen LogP contribution in [0.1, 0.15) is 48.8 Å². The number of thiophene rings is 2. The summed E-state index contributed by atoms with van der Waals surface area (Å²) in [6, 6.07) is 3.89. The van der Waals surface area contributed by atoms with Gasteiger partial charge in [-0.3, -0.25) is 4.79 Å². The summed E-state index contributed by atoms with van der Waals surface area (Å²) in [6.07, 6.45) is 2.17. The summed E-state index contributed by atoms with van der Waals surface area (Å²) in [5.74, 6) is -0.520. The molecule has 0 bridgehead atoms.